The summed E-state index contributed by atoms with van der Waals surface area (Å²) >= 11 is 0. The standard InChI is InChI=1S/C27H31F3N6O4/c1-25(2,13-40-5)21(34-24(39)27(28,29)30)23(38)36-12-16-18(26(16,3)4)20(36)22(37)33-17(10-31)19-15-9-7-6-8-14(15)11-32-35-19/h6-9,11,16-18,20-21H,12-13H2,1-5H3,(H,33,37)(H,34,39)/t16-,17?,18-,20-,21?/m0/s1. The van der Waals surface area contributed by atoms with Crippen molar-refractivity contribution < 1.29 is 32.3 Å². The highest BCUT2D eigenvalue weighted by Gasteiger charge is 2.70. The van der Waals surface area contributed by atoms with E-state index in [1.54, 1.807) is 24.3 Å². The van der Waals surface area contributed by atoms with Crippen LogP contribution in [0.25, 0.3) is 10.8 Å². The van der Waals surface area contributed by atoms with Gasteiger partial charge in [0.05, 0.1) is 18.9 Å². The Morgan fingerprint density at radius 2 is 1.90 bits per heavy atom. The summed E-state index contributed by atoms with van der Waals surface area (Å²) in [6.45, 7) is 6.86. The molecule has 5 atom stereocenters. The van der Waals surface area contributed by atoms with Gasteiger partial charge < -0.3 is 20.3 Å². The Morgan fingerprint density at radius 1 is 1.23 bits per heavy atom. The Labute approximate surface area is 229 Å². The molecule has 1 aromatic heterocycles. The number of methoxy groups -OCH3 is 1. The minimum absolute atomic E-state index is 0.0883. The number of aromatic nitrogens is 2. The number of nitrogens with zero attached hydrogens (tertiary/aromatic N) is 4. The average Bonchev–Trinajstić information content (AvgIpc) is 3.21. The van der Waals surface area contributed by atoms with Gasteiger partial charge in [-0.3, -0.25) is 14.4 Å². The van der Waals surface area contributed by atoms with Crippen molar-refractivity contribution in [2.45, 2.75) is 52.0 Å². The molecule has 1 saturated heterocycles. The molecule has 0 bridgehead atoms. The molecule has 1 aliphatic heterocycles. The molecule has 2 heterocycles. The second-order valence-electron chi connectivity index (χ2n) is 11.6. The van der Waals surface area contributed by atoms with Gasteiger partial charge in [0.25, 0.3) is 0 Å². The van der Waals surface area contributed by atoms with E-state index in [9.17, 15) is 32.8 Å². The van der Waals surface area contributed by atoms with E-state index in [2.05, 4.69) is 15.5 Å². The van der Waals surface area contributed by atoms with E-state index in [-0.39, 0.29) is 36.1 Å². The van der Waals surface area contributed by atoms with Crippen molar-refractivity contribution in [3.8, 4) is 6.07 Å². The molecule has 2 aromatic rings. The fourth-order valence-corrected chi connectivity index (χ4v) is 5.89. The first-order chi connectivity index (χ1) is 18.6. The number of alkyl halides is 3. The normalized spacial score (nSPS) is 23.1. The fraction of sp³-hybridized carbons (Fsp3) is 0.556. The number of likely N-dealkylation sites (tertiary alicyclic amines) is 1. The van der Waals surface area contributed by atoms with Gasteiger partial charge in [-0.1, -0.05) is 52.0 Å². The lowest BCUT2D eigenvalue weighted by atomic mass is 9.83. The molecule has 2 N–H and O–H groups in total. The van der Waals surface area contributed by atoms with Crippen LogP contribution in [0, 0.1) is 34.0 Å². The molecule has 3 amide bonds. The first-order valence-corrected chi connectivity index (χ1v) is 12.7. The zero-order valence-electron chi connectivity index (χ0n) is 22.7. The van der Waals surface area contributed by atoms with Crippen LogP contribution in [0.15, 0.2) is 30.5 Å². The molecule has 4 rings (SSSR count). The number of amides is 3. The molecular formula is C27H31F3N6O4. The van der Waals surface area contributed by atoms with Crippen LogP contribution in [0.1, 0.15) is 39.4 Å². The quantitative estimate of drug-likeness (QED) is 0.506. The van der Waals surface area contributed by atoms with Crippen molar-refractivity contribution in [3.63, 3.8) is 0 Å². The molecule has 1 saturated carbocycles. The summed E-state index contributed by atoms with van der Waals surface area (Å²) in [4.78, 5) is 40.7. The molecule has 1 aromatic carbocycles. The molecule has 214 valence electrons. The maximum Gasteiger partial charge on any atom is 0.471 e. The van der Waals surface area contributed by atoms with Gasteiger partial charge in [-0.25, -0.2) is 0 Å². The highest BCUT2D eigenvalue weighted by atomic mass is 19.4. The summed E-state index contributed by atoms with van der Waals surface area (Å²) in [6.07, 6.45) is -3.69. The topological polar surface area (TPSA) is 137 Å². The minimum Gasteiger partial charge on any atom is -0.384 e. The van der Waals surface area contributed by atoms with Crippen LogP contribution in [0.4, 0.5) is 13.2 Å². The number of benzene rings is 1. The molecule has 1 aliphatic carbocycles. The Morgan fingerprint density at radius 3 is 2.52 bits per heavy atom. The van der Waals surface area contributed by atoms with Crippen molar-refractivity contribution in [2.24, 2.45) is 22.7 Å². The lowest BCUT2D eigenvalue weighted by Gasteiger charge is -2.39. The van der Waals surface area contributed by atoms with E-state index in [0.29, 0.717) is 10.8 Å². The molecule has 2 unspecified atom stereocenters. The van der Waals surface area contributed by atoms with E-state index in [1.807, 2.05) is 25.2 Å². The zero-order chi connectivity index (χ0) is 29.6. The maximum absolute atomic E-state index is 13.8. The Balaban J connectivity index is 1.65. The van der Waals surface area contributed by atoms with Crippen LogP contribution in [-0.4, -0.2) is 71.3 Å². The van der Waals surface area contributed by atoms with Crippen LogP contribution in [0.5, 0.6) is 0 Å². The predicted molar refractivity (Wildman–Crippen MR) is 136 cm³/mol. The number of rotatable bonds is 8. The minimum atomic E-state index is -5.22. The Kier molecular flexibility index (Phi) is 7.53. The molecule has 2 fully saturated rings. The van der Waals surface area contributed by atoms with Crippen LogP contribution >= 0.6 is 0 Å². The Bertz CT molecular complexity index is 1370. The number of hydrogen-bond acceptors (Lipinski definition) is 7. The summed E-state index contributed by atoms with van der Waals surface area (Å²) in [5.74, 6) is -4.12. The molecule has 40 heavy (non-hydrogen) atoms. The number of nitriles is 1. The zero-order valence-corrected chi connectivity index (χ0v) is 22.7. The second-order valence-corrected chi connectivity index (χ2v) is 11.6. The number of fused-ring (bicyclic) bond motifs is 2. The SMILES string of the molecule is COCC(C)(C)C(NC(=O)C(F)(F)F)C(=O)N1C[C@H]2[C@@H]([C@H]1C(=O)NC(C#N)c1nncc3ccccc13)C2(C)C. The smallest absolute Gasteiger partial charge is 0.384 e. The lowest BCUT2D eigenvalue weighted by molar-refractivity contribution is -0.176. The van der Waals surface area contributed by atoms with Gasteiger partial charge in [0.1, 0.15) is 17.8 Å². The van der Waals surface area contributed by atoms with Gasteiger partial charge in [-0.2, -0.15) is 28.6 Å². The van der Waals surface area contributed by atoms with Crippen molar-refractivity contribution >= 4 is 28.5 Å². The number of halogens is 3. The summed E-state index contributed by atoms with van der Waals surface area (Å²) < 4.78 is 44.7. The number of piperidine rings is 1. The van der Waals surface area contributed by atoms with E-state index >= 15 is 0 Å². The van der Waals surface area contributed by atoms with Crippen molar-refractivity contribution in [1.82, 2.24) is 25.7 Å². The largest absolute Gasteiger partial charge is 0.471 e. The van der Waals surface area contributed by atoms with Crippen molar-refractivity contribution in [2.75, 3.05) is 20.3 Å². The van der Waals surface area contributed by atoms with E-state index in [4.69, 9.17) is 4.74 Å². The molecule has 13 heteroatoms. The Hall–Kier alpha value is -3.79. The third-order valence-electron chi connectivity index (χ3n) is 8.13. The maximum atomic E-state index is 13.8. The molecule has 0 spiro atoms. The van der Waals surface area contributed by atoms with Gasteiger partial charge in [-0.05, 0) is 17.3 Å². The number of hydrogen-bond donors (Lipinski definition) is 2. The average molecular weight is 561 g/mol. The number of nitrogens with one attached hydrogen (secondary N) is 2. The van der Waals surface area contributed by atoms with Gasteiger partial charge in [-0.15, -0.1) is 0 Å². The third kappa shape index (κ3) is 5.20. The van der Waals surface area contributed by atoms with Gasteiger partial charge in [0.15, 0.2) is 6.04 Å². The first-order valence-electron chi connectivity index (χ1n) is 12.7. The number of ether oxygens (including phenoxy) is 1. The number of carbonyl (C=O) groups is 3. The summed E-state index contributed by atoms with van der Waals surface area (Å²) in [5.41, 5.74) is -1.33. The third-order valence-corrected chi connectivity index (χ3v) is 8.13. The molecule has 2 aliphatic rings. The van der Waals surface area contributed by atoms with E-state index in [0.717, 1.165) is 0 Å². The fourth-order valence-electron chi connectivity index (χ4n) is 5.89. The second kappa shape index (κ2) is 10.3. The lowest BCUT2D eigenvalue weighted by Crippen LogP contribution is -2.62. The molecule has 0 radical (unpaired) electrons. The first kappa shape index (κ1) is 29.2. The highest BCUT2D eigenvalue weighted by molar-refractivity contribution is 5.95. The van der Waals surface area contributed by atoms with Crippen LogP contribution < -0.4 is 10.6 Å². The van der Waals surface area contributed by atoms with E-state index in [1.165, 1.54) is 32.1 Å². The summed E-state index contributed by atoms with van der Waals surface area (Å²) in [6, 6.07) is 5.21. The summed E-state index contributed by atoms with van der Waals surface area (Å²) in [5, 5.41) is 23.8. The van der Waals surface area contributed by atoms with Crippen LogP contribution in [0.2, 0.25) is 0 Å². The van der Waals surface area contributed by atoms with Gasteiger partial charge >= 0.3 is 12.1 Å². The van der Waals surface area contributed by atoms with Crippen LogP contribution in [-0.2, 0) is 19.1 Å². The molecule has 10 nitrogen and oxygen atoms in total. The van der Waals surface area contributed by atoms with E-state index < -0.39 is 47.4 Å². The predicted octanol–water partition coefficient (Wildman–Crippen LogP) is 2.51. The highest BCUT2D eigenvalue weighted by Crippen LogP contribution is 2.65. The van der Waals surface area contributed by atoms with Crippen molar-refractivity contribution in [3.05, 3.63) is 36.2 Å². The van der Waals surface area contributed by atoms with Gasteiger partial charge in [0.2, 0.25) is 11.8 Å². The van der Waals surface area contributed by atoms with Crippen LogP contribution in [0.3, 0.4) is 0 Å². The van der Waals surface area contributed by atoms with Gasteiger partial charge in [0, 0.05) is 29.8 Å². The number of carbonyl (C=O) groups excluding carboxylic acids is 3. The monoisotopic (exact) mass is 560 g/mol. The summed E-state index contributed by atoms with van der Waals surface area (Å²) in [7, 11) is 1.33. The molecular weight excluding hydrogens is 529 g/mol. The van der Waals surface area contributed by atoms with Crippen molar-refractivity contribution in [1.29, 1.82) is 5.26 Å².